The van der Waals surface area contributed by atoms with Crippen LogP contribution in [0.2, 0.25) is 0 Å². The molecule has 2 unspecified atom stereocenters. The molecular formula is C17H27NO3. The number of nitrogens with one attached hydrogen (secondary N) is 1. The van der Waals surface area contributed by atoms with Crippen molar-refractivity contribution in [1.82, 2.24) is 5.32 Å². The average Bonchev–Trinajstić information content (AvgIpc) is 2.45. The number of carbonyl (C=O) groups excluding carboxylic acids is 1. The molecule has 1 rings (SSSR count). The number of ether oxygens (including phenoxy) is 1. The maximum absolute atomic E-state index is 12.0. The highest BCUT2D eigenvalue weighted by Gasteiger charge is 2.25. The van der Waals surface area contributed by atoms with Gasteiger partial charge in [-0.25, -0.2) is 0 Å². The predicted octanol–water partition coefficient (Wildman–Crippen LogP) is 2.71. The smallest absolute Gasteiger partial charge is 0.220 e. The van der Waals surface area contributed by atoms with Crippen LogP contribution in [0.4, 0.5) is 0 Å². The van der Waals surface area contributed by atoms with E-state index in [1.165, 1.54) is 0 Å². The van der Waals surface area contributed by atoms with Crippen molar-refractivity contribution >= 4 is 5.91 Å². The highest BCUT2D eigenvalue weighted by molar-refractivity contribution is 5.76. The summed E-state index contributed by atoms with van der Waals surface area (Å²) in [6.07, 6.45) is 0.390. The zero-order valence-electron chi connectivity index (χ0n) is 13.6. The summed E-state index contributed by atoms with van der Waals surface area (Å²) in [5.74, 6) is 0.937. The maximum atomic E-state index is 12.0. The number of hydrogen-bond donors (Lipinski definition) is 2. The van der Waals surface area contributed by atoms with Gasteiger partial charge in [-0.15, -0.1) is 0 Å². The van der Waals surface area contributed by atoms with Gasteiger partial charge in [0.1, 0.15) is 5.75 Å². The molecule has 1 aromatic rings. The van der Waals surface area contributed by atoms with Gasteiger partial charge in [0, 0.05) is 13.0 Å². The Morgan fingerprint density at radius 1 is 1.38 bits per heavy atom. The van der Waals surface area contributed by atoms with Gasteiger partial charge in [-0.1, -0.05) is 32.9 Å². The van der Waals surface area contributed by atoms with Crippen LogP contribution < -0.4 is 10.1 Å². The Morgan fingerprint density at radius 3 is 2.62 bits per heavy atom. The van der Waals surface area contributed by atoms with Gasteiger partial charge in [0.25, 0.3) is 0 Å². The lowest BCUT2D eigenvalue weighted by Crippen LogP contribution is -2.44. The van der Waals surface area contributed by atoms with Crippen molar-refractivity contribution < 1.29 is 14.6 Å². The first-order chi connectivity index (χ1) is 9.76. The van der Waals surface area contributed by atoms with Crippen LogP contribution in [0.1, 0.15) is 45.6 Å². The zero-order valence-corrected chi connectivity index (χ0v) is 13.6. The summed E-state index contributed by atoms with van der Waals surface area (Å²) >= 11 is 0. The van der Waals surface area contributed by atoms with Crippen molar-refractivity contribution in [2.75, 3.05) is 13.7 Å². The Labute approximate surface area is 127 Å². The predicted molar refractivity (Wildman–Crippen MR) is 84.5 cm³/mol. The van der Waals surface area contributed by atoms with E-state index in [2.05, 4.69) is 5.32 Å². The Morgan fingerprint density at radius 2 is 2.05 bits per heavy atom. The molecule has 0 saturated carbocycles. The van der Waals surface area contributed by atoms with Crippen LogP contribution in [0.3, 0.4) is 0 Å². The van der Waals surface area contributed by atoms with E-state index in [4.69, 9.17) is 4.74 Å². The second-order valence-electron chi connectivity index (χ2n) is 6.17. The first-order valence-electron chi connectivity index (χ1n) is 7.39. The molecule has 0 spiro atoms. The highest BCUT2D eigenvalue weighted by Crippen LogP contribution is 2.23. The van der Waals surface area contributed by atoms with Gasteiger partial charge in [0.15, 0.2) is 0 Å². The minimum atomic E-state index is -0.880. The summed E-state index contributed by atoms with van der Waals surface area (Å²) in [4.78, 5) is 12.0. The molecule has 118 valence electrons. The summed E-state index contributed by atoms with van der Waals surface area (Å²) < 4.78 is 5.19. The first-order valence-corrected chi connectivity index (χ1v) is 7.39. The van der Waals surface area contributed by atoms with Gasteiger partial charge in [-0.2, -0.15) is 0 Å². The van der Waals surface area contributed by atoms with Crippen LogP contribution in [-0.4, -0.2) is 30.3 Å². The summed E-state index contributed by atoms with van der Waals surface area (Å²) in [6.45, 7) is 7.89. The molecule has 0 aliphatic heterocycles. The van der Waals surface area contributed by atoms with E-state index in [9.17, 15) is 9.90 Å². The minimum absolute atomic E-state index is 0.0498. The number of aliphatic hydroxyl groups is 1. The fourth-order valence-electron chi connectivity index (χ4n) is 1.90. The second-order valence-corrected chi connectivity index (χ2v) is 6.17. The molecule has 2 N–H and O–H groups in total. The number of amides is 1. The third-order valence-corrected chi connectivity index (χ3v) is 4.04. The van der Waals surface area contributed by atoms with E-state index in [-0.39, 0.29) is 24.3 Å². The van der Waals surface area contributed by atoms with E-state index >= 15 is 0 Å². The number of rotatable bonds is 7. The Hall–Kier alpha value is -1.55. The summed E-state index contributed by atoms with van der Waals surface area (Å²) in [5, 5.41) is 12.9. The van der Waals surface area contributed by atoms with E-state index in [0.29, 0.717) is 6.42 Å². The van der Waals surface area contributed by atoms with Gasteiger partial charge in [0.05, 0.1) is 12.7 Å². The van der Waals surface area contributed by atoms with E-state index in [1.807, 2.05) is 45.0 Å². The van der Waals surface area contributed by atoms with Gasteiger partial charge in [0.2, 0.25) is 5.91 Å². The SMILES string of the molecule is COc1cccc(C(C)CC(=O)NCC(C)(O)C(C)C)c1. The van der Waals surface area contributed by atoms with E-state index < -0.39 is 5.60 Å². The molecule has 0 aliphatic carbocycles. The fourth-order valence-corrected chi connectivity index (χ4v) is 1.90. The fraction of sp³-hybridized carbons (Fsp3) is 0.588. The standard InChI is InChI=1S/C17H27NO3/c1-12(2)17(4,20)11-18-16(19)9-13(3)14-7-6-8-15(10-14)21-5/h6-8,10,12-13,20H,9,11H2,1-5H3,(H,18,19). The Bertz CT molecular complexity index is 469. The Balaban J connectivity index is 2.54. The molecule has 4 heteroatoms. The number of hydrogen-bond acceptors (Lipinski definition) is 3. The van der Waals surface area contributed by atoms with Crippen molar-refractivity contribution in [3.05, 3.63) is 29.8 Å². The maximum Gasteiger partial charge on any atom is 0.220 e. The molecule has 4 nitrogen and oxygen atoms in total. The summed E-state index contributed by atoms with van der Waals surface area (Å²) in [7, 11) is 1.63. The minimum Gasteiger partial charge on any atom is -0.497 e. The van der Waals surface area contributed by atoms with Crippen LogP contribution in [0.25, 0.3) is 0 Å². The topological polar surface area (TPSA) is 58.6 Å². The Kier molecular flexibility index (Phi) is 6.21. The van der Waals surface area contributed by atoms with E-state index in [1.54, 1.807) is 14.0 Å². The quantitative estimate of drug-likeness (QED) is 0.812. The molecule has 0 aromatic heterocycles. The van der Waals surface area contributed by atoms with Crippen molar-refractivity contribution in [1.29, 1.82) is 0 Å². The molecular weight excluding hydrogens is 266 g/mol. The van der Waals surface area contributed by atoms with Crippen LogP contribution in [-0.2, 0) is 4.79 Å². The molecule has 0 heterocycles. The molecule has 0 radical (unpaired) electrons. The number of benzene rings is 1. The largest absolute Gasteiger partial charge is 0.497 e. The summed E-state index contributed by atoms with van der Waals surface area (Å²) in [5.41, 5.74) is 0.189. The van der Waals surface area contributed by atoms with Gasteiger partial charge < -0.3 is 15.2 Å². The second kappa shape index (κ2) is 7.46. The van der Waals surface area contributed by atoms with Gasteiger partial charge in [-0.3, -0.25) is 4.79 Å². The lowest BCUT2D eigenvalue weighted by atomic mass is 9.92. The lowest BCUT2D eigenvalue weighted by molar-refractivity contribution is -0.123. The van der Waals surface area contributed by atoms with Crippen molar-refractivity contribution in [2.45, 2.75) is 45.6 Å². The van der Waals surface area contributed by atoms with Gasteiger partial charge >= 0.3 is 0 Å². The van der Waals surface area contributed by atoms with Crippen LogP contribution >= 0.6 is 0 Å². The lowest BCUT2D eigenvalue weighted by Gasteiger charge is -2.28. The monoisotopic (exact) mass is 293 g/mol. The normalized spacial score (nSPS) is 15.4. The molecule has 1 aromatic carbocycles. The first kappa shape index (κ1) is 17.5. The molecule has 21 heavy (non-hydrogen) atoms. The van der Waals surface area contributed by atoms with Crippen molar-refractivity contribution in [3.63, 3.8) is 0 Å². The van der Waals surface area contributed by atoms with Crippen LogP contribution in [0.5, 0.6) is 5.75 Å². The number of carbonyl (C=O) groups is 1. The van der Waals surface area contributed by atoms with Crippen LogP contribution in [0.15, 0.2) is 24.3 Å². The molecule has 0 fully saturated rings. The zero-order chi connectivity index (χ0) is 16.0. The number of methoxy groups -OCH3 is 1. The van der Waals surface area contributed by atoms with Crippen molar-refractivity contribution in [3.8, 4) is 5.75 Å². The molecule has 1 amide bonds. The third-order valence-electron chi connectivity index (χ3n) is 4.04. The van der Waals surface area contributed by atoms with E-state index in [0.717, 1.165) is 11.3 Å². The molecule has 0 aliphatic rings. The average molecular weight is 293 g/mol. The third kappa shape index (κ3) is 5.38. The molecule has 0 saturated heterocycles. The van der Waals surface area contributed by atoms with Crippen molar-refractivity contribution in [2.24, 2.45) is 5.92 Å². The molecule has 2 atom stereocenters. The molecule has 0 bridgehead atoms. The summed E-state index contributed by atoms with van der Waals surface area (Å²) in [6, 6.07) is 7.75. The van der Waals surface area contributed by atoms with Crippen LogP contribution in [0, 0.1) is 5.92 Å². The highest BCUT2D eigenvalue weighted by atomic mass is 16.5. The van der Waals surface area contributed by atoms with Gasteiger partial charge in [-0.05, 0) is 36.5 Å².